The fourth-order valence-electron chi connectivity index (χ4n) is 1.91. The van der Waals surface area contributed by atoms with E-state index in [1.165, 1.54) is 0 Å². The SMILES string of the molecule is CCCC=C1OC(=O)c2cc(OC)cc(OC)c21. The van der Waals surface area contributed by atoms with Crippen LogP contribution in [0.4, 0.5) is 0 Å². The highest BCUT2D eigenvalue weighted by Gasteiger charge is 2.30. The first-order valence-corrected chi connectivity index (χ1v) is 5.90. The third kappa shape index (κ3) is 2.06. The van der Waals surface area contributed by atoms with Gasteiger partial charge in [0.25, 0.3) is 0 Å². The third-order valence-corrected chi connectivity index (χ3v) is 2.82. The van der Waals surface area contributed by atoms with Crippen LogP contribution in [0.3, 0.4) is 0 Å². The van der Waals surface area contributed by atoms with E-state index in [2.05, 4.69) is 6.92 Å². The zero-order valence-corrected chi connectivity index (χ0v) is 10.8. The largest absolute Gasteiger partial charge is 0.497 e. The monoisotopic (exact) mass is 248 g/mol. The van der Waals surface area contributed by atoms with Crippen LogP contribution in [0.5, 0.6) is 11.5 Å². The van der Waals surface area contributed by atoms with Crippen LogP contribution in [0.25, 0.3) is 5.76 Å². The van der Waals surface area contributed by atoms with Crippen LogP contribution in [0.15, 0.2) is 18.2 Å². The Morgan fingerprint density at radius 1 is 1.28 bits per heavy atom. The standard InChI is InChI=1S/C14H16O4/c1-4-5-6-11-13-10(14(15)18-11)7-9(16-2)8-12(13)17-3/h6-8H,4-5H2,1-3H3. The Morgan fingerprint density at radius 2 is 2.06 bits per heavy atom. The zero-order valence-electron chi connectivity index (χ0n) is 10.8. The second-order valence-electron chi connectivity index (χ2n) is 4.00. The number of carbonyl (C=O) groups excluding carboxylic acids is 1. The summed E-state index contributed by atoms with van der Waals surface area (Å²) in [7, 11) is 3.12. The molecule has 1 aromatic rings. The highest BCUT2D eigenvalue weighted by molar-refractivity contribution is 6.04. The minimum absolute atomic E-state index is 0.357. The molecule has 0 amide bonds. The minimum atomic E-state index is -0.357. The molecule has 0 saturated carbocycles. The molecule has 1 aliphatic heterocycles. The molecule has 0 bridgehead atoms. The number of hydrogen-bond donors (Lipinski definition) is 0. The zero-order chi connectivity index (χ0) is 13.1. The quantitative estimate of drug-likeness (QED) is 0.768. The number of esters is 1. The van der Waals surface area contributed by atoms with E-state index in [0.29, 0.717) is 22.8 Å². The molecular weight excluding hydrogens is 232 g/mol. The van der Waals surface area contributed by atoms with E-state index in [1.807, 2.05) is 6.08 Å². The molecule has 96 valence electrons. The van der Waals surface area contributed by atoms with Gasteiger partial charge in [0.2, 0.25) is 0 Å². The van der Waals surface area contributed by atoms with Crippen LogP contribution in [0.1, 0.15) is 35.7 Å². The van der Waals surface area contributed by atoms with Crippen molar-refractivity contribution in [3.05, 3.63) is 29.3 Å². The van der Waals surface area contributed by atoms with Crippen LogP contribution in [-0.4, -0.2) is 20.2 Å². The number of carbonyl (C=O) groups is 1. The Morgan fingerprint density at radius 3 is 2.67 bits per heavy atom. The van der Waals surface area contributed by atoms with Gasteiger partial charge in [-0.1, -0.05) is 13.3 Å². The molecule has 0 atom stereocenters. The van der Waals surface area contributed by atoms with E-state index in [4.69, 9.17) is 14.2 Å². The average Bonchev–Trinajstić information content (AvgIpc) is 2.72. The first-order chi connectivity index (χ1) is 8.71. The normalized spacial score (nSPS) is 15.5. The van der Waals surface area contributed by atoms with Gasteiger partial charge in [0, 0.05) is 6.07 Å². The number of rotatable bonds is 4. The molecule has 1 aromatic carbocycles. The number of cyclic esters (lactones) is 1. The number of unbranched alkanes of at least 4 members (excludes halogenated alkanes) is 1. The summed E-state index contributed by atoms with van der Waals surface area (Å²) in [5.41, 5.74) is 1.21. The van der Waals surface area contributed by atoms with Gasteiger partial charge in [0.15, 0.2) is 0 Å². The number of fused-ring (bicyclic) bond motifs is 1. The van der Waals surface area contributed by atoms with Gasteiger partial charge >= 0.3 is 5.97 Å². The van der Waals surface area contributed by atoms with Crippen molar-refractivity contribution < 1.29 is 19.0 Å². The van der Waals surface area contributed by atoms with Crippen molar-refractivity contribution in [2.45, 2.75) is 19.8 Å². The molecule has 1 aliphatic rings. The van der Waals surface area contributed by atoms with Crippen LogP contribution >= 0.6 is 0 Å². The van der Waals surface area contributed by atoms with E-state index in [0.717, 1.165) is 18.4 Å². The van der Waals surface area contributed by atoms with E-state index < -0.39 is 0 Å². The Hall–Kier alpha value is -1.97. The first-order valence-electron chi connectivity index (χ1n) is 5.90. The Kier molecular flexibility index (Phi) is 3.55. The molecule has 18 heavy (non-hydrogen) atoms. The van der Waals surface area contributed by atoms with Gasteiger partial charge in [-0.3, -0.25) is 0 Å². The number of allylic oxidation sites excluding steroid dienone is 1. The Balaban J connectivity index is 2.55. The highest BCUT2D eigenvalue weighted by atomic mass is 16.5. The smallest absolute Gasteiger partial charge is 0.344 e. The maximum Gasteiger partial charge on any atom is 0.344 e. The predicted octanol–water partition coefficient (Wildman–Crippen LogP) is 3.02. The van der Waals surface area contributed by atoms with Crippen molar-refractivity contribution in [2.24, 2.45) is 0 Å². The summed E-state index contributed by atoms with van der Waals surface area (Å²) in [6.07, 6.45) is 3.77. The van der Waals surface area contributed by atoms with Crippen molar-refractivity contribution >= 4 is 11.7 Å². The third-order valence-electron chi connectivity index (χ3n) is 2.82. The van der Waals surface area contributed by atoms with Gasteiger partial charge in [-0.15, -0.1) is 0 Å². The maximum absolute atomic E-state index is 11.8. The molecule has 0 aliphatic carbocycles. The summed E-state index contributed by atoms with van der Waals surface area (Å²) >= 11 is 0. The summed E-state index contributed by atoms with van der Waals surface area (Å²) in [6, 6.07) is 3.42. The van der Waals surface area contributed by atoms with Crippen LogP contribution in [0, 0.1) is 0 Å². The lowest BCUT2D eigenvalue weighted by atomic mass is 10.1. The van der Waals surface area contributed by atoms with E-state index in [9.17, 15) is 4.79 Å². The molecule has 4 nitrogen and oxygen atoms in total. The number of hydrogen-bond acceptors (Lipinski definition) is 4. The summed E-state index contributed by atoms with van der Waals surface area (Å²) in [5, 5.41) is 0. The fraction of sp³-hybridized carbons (Fsp3) is 0.357. The van der Waals surface area contributed by atoms with Gasteiger partial charge in [-0.2, -0.15) is 0 Å². The molecule has 0 spiro atoms. The Bertz CT molecular complexity index is 503. The molecule has 2 rings (SSSR count). The predicted molar refractivity (Wildman–Crippen MR) is 67.8 cm³/mol. The van der Waals surface area contributed by atoms with Crippen molar-refractivity contribution in [3.8, 4) is 11.5 Å². The number of ether oxygens (including phenoxy) is 3. The van der Waals surface area contributed by atoms with Crippen LogP contribution in [-0.2, 0) is 4.74 Å². The molecule has 1 heterocycles. The second kappa shape index (κ2) is 5.12. The summed E-state index contributed by atoms with van der Waals surface area (Å²) in [4.78, 5) is 11.8. The highest BCUT2D eigenvalue weighted by Crippen LogP contribution is 2.40. The van der Waals surface area contributed by atoms with E-state index in [1.54, 1.807) is 26.4 Å². The van der Waals surface area contributed by atoms with Gasteiger partial charge in [0.05, 0.1) is 25.3 Å². The summed E-state index contributed by atoms with van der Waals surface area (Å²) < 4.78 is 15.7. The van der Waals surface area contributed by atoms with Crippen LogP contribution < -0.4 is 9.47 Å². The first kappa shape index (κ1) is 12.5. The number of benzene rings is 1. The van der Waals surface area contributed by atoms with Crippen molar-refractivity contribution in [3.63, 3.8) is 0 Å². The Labute approximate surface area is 106 Å². The van der Waals surface area contributed by atoms with Gasteiger partial charge < -0.3 is 14.2 Å². The van der Waals surface area contributed by atoms with E-state index >= 15 is 0 Å². The second-order valence-corrected chi connectivity index (χ2v) is 4.00. The van der Waals surface area contributed by atoms with Gasteiger partial charge in [-0.05, 0) is 18.6 Å². The minimum Gasteiger partial charge on any atom is -0.497 e. The van der Waals surface area contributed by atoms with Crippen molar-refractivity contribution in [2.75, 3.05) is 14.2 Å². The molecular formula is C14H16O4. The van der Waals surface area contributed by atoms with Gasteiger partial charge in [0.1, 0.15) is 17.3 Å². The molecule has 0 saturated heterocycles. The van der Waals surface area contributed by atoms with Crippen molar-refractivity contribution in [1.29, 1.82) is 0 Å². The lowest BCUT2D eigenvalue weighted by molar-refractivity contribution is 0.0715. The number of methoxy groups -OCH3 is 2. The summed E-state index contributed by atoms with van der Waals surface area (Å²) in [6.45, 7) is 2.07. The average molecular weight is 248 g/mol. The molecule has 0 fully saturated rings. The lowest BCUT2D eigenvalue weighted by Crippen LogP contribution is -1.96. The van der Waals surface area contributed by atoms with E-state index in [-0.39, 0.29) is 5.97 Å². The molecule has 0 N–H and O–H groups in total. The molecule has 0 radical (unpaired) electrons. The molecule has 0 aromatic heterocycles. The summed E-state index contributed by atoms with van der Waals surface area (Å²) in [5.74, 6) is 1.40. The lowest BCUT2D eigenvalue weighted by Gasteiger charge is -2.08. The maximum atomic E-state index is 11.8. The fourth-order valence-corrected chi connectivity index (χ4v) is 1.91. The van der Waals surface area contributed by atoms with Crippen LogP contribution in [0.2, 0.25) is 0 Å². The van der Waals surface area contributed by atoms with Gasteiger partial charge in [-0.25, -0.2) is 4.79 Å². The molecule has 0 unspecified atom stereocenters. The topological polar surface area (TPSA) is 44.8 Å². The molecule has 4 heteroatoms. The van der Waals surface area contributed by atoms with Crippen molar-refractivity contribution in [1.82, 2.24) is 0 Å².